The van der Waals surface area contributed by atoms with Gasteiger partial charge in [-0.2, -0.15) is 4.31 Å². The number of carbonyl (C=O) groups is 1. The minimum Gasteiger partial charge on any atom is -0.480 e. The second-order valence-electron chi connectivity index (χ2n) is 3.79. The zero-order chi connectivity index (χ0) is 11.1. The Morgan fingerprint density at radius 1 is 1.50 bits per heavy atom. The lowest BCUT2D eigenvalue weighted by Crippen LogP contribution is -2.63. The molecule has 14 heavy (non-hydrogen) atoms. The van der Waals surface area contributed by atoms with Gasteiger partial charge in [0, 0.05) is 13.1 Å². The molecule has 0 aromatic carbocycles. The molecular formula is C7H13NO5S. The molecule has 7 heteroatoms. The van der Waals surface area contributed by atoms with Crippen LogP contribution in [0.3, 0.4) is 0 Å². The van der Waals surface area contributed by atoms with E-state index in [4.69, 9.17) is 5.11 Å². The Bertz CT molecular complexity index is 339. The number of nitrogens with zero attached hydrogens (tertiary/aromatic N) is 1. The summed E-state index contributed by atoms with van der Waals surface area (Å²) in [6.45, 7) is 2.55. The van der Waals surface area contributed by atoms with Crippen molar-refractivity contribution in [3.63, 3.8) is 0 Å². The normalized spacial score (nSPS) is 23.9. The first-order chi connectivity index (χ1) is 6.17. The van der Waals surface area contributed by atoms with E-state index in [0.29, 0.717) is 0 Å². The summed E-state index contributed by atoms with van der Waals surface area (Å²) in [7, 11) is -3.80. The first-order valence-electron chi connectivity index (χ1n) is 4.11. The van der Waals surface area contributed by atoms with Crippen LogP contribution >= 0.6 is 0 Å². The lowest BCUT2D eigenvalue weighted by molar-refractivity contribution is -0.136. The van der Waals surface area contributed by atoms with Crippen molar-refractivity contribution in [3.8, 4) is 0 Å². The highest BCUT2D eigenvalue weighted by Gasteiger charge is 2.46. The Morgan fingerprint density at radius 2 is 1.93 bits per heavy atom. The van der Waals surface area contributed by atoms with E-state index in [1.165, 1.54) is 6.92 Å². The Hall–Kier alpha value is -0.660. The van der Waals surface area contributed by atoms with Gasteiger partial charge < -0.3 is 10.2 Å². The number of hydrogen-bond acceptors (Lipinski definition) is 4. The molecule has 1 heterocycles. The quantitative estimate of drug-likeness (QED) is 0.630. The molecule has 82 valence electrons. The molecule has 1 rings (SSSR count). The van der Waals surface area contributed by atoms with Gasteiger partial charge in [0.15, 0.2) is 5.25 Å². The number of rotatable bonds is 3. The number of aliphatic carboxylic acids is 1. The first kappa shape index (κ1) is 11.4. The maximum absolute atomic E-state index is 11.5. The monoisotopic (exact) mass is 223 g/mol. The zero-order valence-corrected chi connectivity index (χ0v) is 8.78. The van der Waals surface area contributed by atoms with Gasteiger partial charge in [-0.3, -0.25) is 4.79 Å². The summed E-state index contributed by atoms with van der Waals surface area (Å²) in [6.07, 6.45) is 0. The van der Waals surface area contributed by atoms with Crippen LogP contribution in [-0.4, -0.2) is 52.8 Å². The summed E-state index contributed by atoms with van der Waals surface area (Å²) in [5, 5.41) is 16.4. The van der Waals surface area contributed by atoms with Crippen molar-refractivity contribution < 1.29 is 23.4 Å². The summed E-state index contributed by atoms with van der Waals surface area (Å²) in [4.78, 5) is 10.5. The predicted octanol–water partition coefficient (Wildman–Crippen LogP) is -1.14. The average Bonchev–Trinajstić information content (AvgIpc) is 1.98. The third kappa shape index (κ3) is 1.89. The summed E-state index contributed by atoms with van der Waals surface area (Å²) in [5.41, 5.74) is -1.02. The van der Waals surface area contributed by atoms with Crippen molar-refractivity contribution in [2.24, 2.45) is 0 Å². The van der Waals surface area contributed by atoms with E-state index >= 15 is 0 Å². The predicted molar refractivity (Wildman–Crippen MR) is 48.2 cm³/mol. The Labute approximate surface area is 82.2 Å². The van der Waals surface area contributed by atoms with E-state index < -0.39 is 26.8 Å². The molecule has 0 bridgehead atoms. The van der Waals surface area contributed by atoms with E-state index in [1.54, 1.807) is 0 Å². The van der Waals surface area contributed by atoms with Gasteiger partial charge in [0.25, 0.3) is 0 Å². The molecule has 1 fully saturated rings. The van der Waals surface area contributed by atoms with Gasteiger partial charge in [0.05, 0.1) is 5.60 Å². The Morgan fingerprint density at radius 3 is 2.21 bits per heavy atom. The highest BCUT2D eigenvalue weighted by molar-refractivity contribution is 7.90. The molecule has 1 unspecified atom stereocenters. The van der Waals surface area contributed by atoms with Crippen molar-refractivity contribution in [3.05, 3.63) is 0 Å². The van der Waals surface area contributed by atoms with Crippen molar-refractivity contribution in [1.29, 1.82) is 0 Å². The Kier molecular flexibility index (Phi) is 2.59. The van der Waals surface area contributed by atoms with E-state index in [0.717, 1.165) is 11.2 Å². The molecule has 1 atom stereocenters. The van der Waals surface area contributed by atoms with E-state index in [1.807, 2.05) is 0 Å². The summed E-state index contributed by atoms with van der Waals surface area (Å²) in [6, 6.07) is 0. The highest BCUT2D eigenvalue weighted by atomic mass is 32.2. The van der Waals surface area contributed by atoms with Crippen molar-refractivity contribution in [2.45, 2.75) is 24.7 Å². The van der Waals surface area contributed by atoms with Crippen LogP contribution in [0.2, 0.25) is 0 Å². The molecule has 1 aliphatic heterocycles. The minimum atomic E-state index is -3.80. The average molecular weight is 223 g/mol. The molecule has 1 saturated heterocycles. The van der Waals surface area contributed by atoms with Gasteiger partial charge >= 0.3 is 5.97 Å². The fourth-order valence-corrected chi connectivity index (χ4v) is 2.86. The van der Waals surface area contributed by atoms with E-state index in [2.05, 4.69) is 0 Å². The molecule has 0 saturated carbocycles. The van der Waals surface area contributed by atoms with E-state index in [-0.39, 0.29) is 13.1 Å². The minimum absolute atomic E-state index is 0.0348. The molecule has 0 spiro atoms. The van der Waals surface area contributed by atoms with Crippen LogP contribution in [0.4, 0.5) is 0 Å². The van der Waals surface area contributed by atoms with Crippen LogP contribution in [0, 0.1) is 0 Å². The lowest BCUT2D eigenvalue weighted by atomic mass is 10.0. The number of sulfonamides is 1. The fraction of sp³-hybridized carbons (Fsp3) is 0.857. The van der Waals surface area contributed by atoms with Gasteiger partial charge in [-0.15, -0.1) is 0 Å². The number of aliphatic hydroxyl groups is 1. The molecule has 0 aromatic rings. The molecule has 6 nitrogen and oxygen atoms in total. The van der Waals surface area contributed by atoms with Crippen LogP contribution in [0.1, 0.15) is 13.8 Å². The first-order valence-corrected chi connectivity index (χ1v) is 5.61. The van der Waals surface area contributed by atoms with Crippen LogP contribution in [-0.2, 0) is 14.8 Å². The number of carboxylic acid groups (broad SMARTS) is 1. The SMILES string of the molecule is CC(C(=O)O)S(=O)(=O)N1CC(C)(O)C1. The fourth-order valence-electron chi connectivity index (χ4n) is 1.24. The standard InChI is InChI=1S/C7H13NO5S/c1-5(6(9)10)14(12,13)8-3-7(2,11)4-8/h5,11H,3-4H2,1-2H3,(H,9,10). The second-order valence-corrected chi connectivity index (χ2v) is 6.04. The van der Waals surface area contributed by atoms with Crippen LogP contribution in [0.5, 0.6) is 0 Å². The van der Waals surface area contributed by atoms with Crippen molar-refractivity contribution in [1.82, 2.24) is 4.31 Å². The van der Waals surface area contributed by atoms with Crippen LogP contribution < -0.4 is 0 Å². The maximum atomic E-state index is 11.5. The van der Waals surface area contributed by atoms with Gasteiger partial charge in [-0.1, -0.05) is 0 Å². The second kappa shape index (κ2) is 3.18. The molecule has 0 radical (unpaired) electrons. The molecule has 1 aliphatic rings. The van der Waals surface area contributed by atoms with Crippen molar-refractivity contribution in [2.75, 3.05) is 13.1 Å². The van der Waals surface area contributed by atoms with Crippen LogP contribution in [0.25, 0.3) is 0 Å². The summed E-state index contributed by atoms with van der Waals surface area (Å²) in [5.74, 6) is -1.38. The molecule has 0 aliphatic carbocycles. The molecular weight excluding hydrogens is 210 g/mol. The van der Waals surface area contributed by atoms with Crippen LogP contribution in [0.15, 0.2) is 0 Å². The smallest absolute Gasteiger partial charge is 0.323 e. The third-order valence-electron chi connectivity index (χ3n) is 2.19. The van der Waals surface area contributed by atoms with Gasteiger partial charge in [0.1, 0.15) is 0 Å². The number of carboxylic acids is 1. The summed E-state index contributed by atoms with van der Waals surface area (Å²) >= 11 is 0. The summed E-state index contributed by atoms with van der Waals surface area (Å²) < 4.78 is 23.9. The molecule has 2 N–H and O–H groups in total. The van der Waals surface area contributed by atoms with Crippen molar-refractivity contribution >= 4 is 16.0 Å². The Balaban J connectivity index is 2.75. The largest absolute Gasteiger partial charge is 0.480 e. The topological polar surface area (TPSA) is 94.9 Å². The third-order valence-corrected chi connectivity index (χ3v) is 4.26. The number of hydrogen-bond donors (Lipinski definition) is 2. The van der Waals surface area contributed by atoms with Gasteiger partial charge in [-0.05, 0) is 13.8 Å². The molecule has 0 amide bonds. The molecule has 0 aromatic heterocycles. The number of β-amino-alcohol motifs (C(OH)–C–C–N with tert-alkyl or cyclic N) is 1. The lowest BCUT2D eigenvalue weighted by Gasteiger charge is -2.43. The maximum Gasteiger partial charge on any atom is 0.323 e. The van der Waals surface area contributed by atoms with Gasteiger partial charge in [-0.25, -0.2) is 8.42 Å². The highest BCUT2D eigenvalue weighted by Crippen LogP contribution is 2.25. The van der Waals surface area contributed by atoms with E-state index in [9.17, 15) is 18.3 Å². The van der Waals surface area contributed by atoms with Gasteiger partial charge in [0.2, 0.25) is 10.0 Å². The zero-order valence-electron chi connectivity index (χ0n) is 7.97.